The lowest BCUT2D eigenvalue weighted by Crippen LogP contribution is -2.33. The van der Waals surface area contributed by atoms with Crippen LogP contribution in [0.15, 0.2) is 18.2 Å². The van der Waals surface area contributed by atoms with Gasteiger partial charge in [0.1, 0.15) is 5.82 Å². The van der Waals surface area contributed by atoms with Crippen molar-refractivity contribution in [2.24, 2.45) is 11.1 Å². The average molecular weight is 251 g/mol. The summed E-state index contributed by atoms with van der Waals surface area (Å²) in [5, 5.41) is 3.25. The molecule has 0 aromatic carbocycles. The summed E-state index contributed by atoms with van der Waals surface area (Å²) in [6.07, 6.45) is 0.977. The van der Waals surface area contributed by atoms with Crippen LogP contribution in [-0.4, -0.2) is 24.2 Å². The summed E-state index contributed by atoms with van der Waals surface area (Å²) in [6.45, 7) is 9.88. The fourth-order valence-corrected chi connectivity index (χ4v) is 1.84. The summed E-state index contributed by atoms with van der Waals surface area (Å²) in [5.74, 6) is 1.46. The number of hydrogen-bond donors (Lipinski definition) is 2. The van der Waals surface area contributed by atoms with Crippen molar-refractivity contribution in [1.82, 2.24) is 4.98 Å². The smallest absolute Gasteiger partial charge is 0.215 e. The van der Waals surface area contributed by atoms with Gasteiger partial charge in [-0.1, -0.05) is 26.8 Å². The lowest BCUT2D eigenvalue weighted by Gasteiger charge is -2.23. The van der Waals surface area contributed by atoms with Crippen LogP contribution in [0.2, 0.25) is 0 Å². The molecule has 0 spiro atoms. The van der Waals surface area contributed by atoms with Gasteiger partial charge in [0.15, 0.2) is 0 Å². The van der Waals surface area contributed by atoms with E-state index in [9.17, 15) is 0 Å². The molecule has 0 bridgehead atoms. The first-order chi connectivity index (χ1) is 8.40. The molecule has 1 heterocycles. The molecule has 0 saturated heterocycles. The van der Waals surface area contributed by atoms with Crippen molar-refractivity contribution in [3.63, 3.8) is 0 Å². The first-order valence-corrected chi connectivity index (χ1v) is 6.50. The predicted molar refractivity (Wildman–Crippen MR) is 75.9 cm³/mol. The predicted octanol–water partition coefficient (Wildman–Crippen LogP) is 2.66. The summed E-state index contributed by atoms with van der Waals surface area (Å²) in [6, 6.07) is 5.83. The largest absolute Gasteiger partial charge is 0.478 e. The summed E-state index contributed by atoms with van der Waals surface area (Å²) in [7, 11) is 0. The van der Waals surface area contributed by atoms with Crippen LogP contribution in [-0.2, 0) is 0 Å². The van der Waals surface area contributed by atoms with Crippen LogP contribution in [0, 0.1) is 5.41 Å². The van der Waals surface area contributed by atoms with Crippen LogP contribution in [0.5, 0.6) is 5.88 Å². The van der Waals surface area contributed by atoms with Crippen LogP contribution in [0.4, 0.5) is 5.82 Å². The Morgan fingerprint density at radius 2 is 2.11 bits per heavy atom. The molecule has 0 saturated carbocycles. The Hall–Kier alpha value is -1.29. The van der Waals surface area contributed by atoms with E-state index >= 15 is 0 Å². The molecule has 0 aliphatic carbocycles. The first-order valence-electron chi connectivity index (χ1n) is 6.50. The van der Waals surface area contributed by atoms with E-state index in [2.05, 4.69) is 31.1 Å². The summed E-state index contributed by atoms with van der Waals surface area (Å²) >= 11 is 0. The zero-order chi connectivity index (χ0) is 13.6. The maximum absolute atomic E-state index is 6.08. The van der Waals surface area contributed by atoms with Gasteiger partial charge in [0.05, 0.1) is 6.61 Å². The first kappa shape index (κ1) is 14.8. The molecule has 1 rings (SSSR count). The van der Waals surface area contributed by atoms with Gasteiger partial charge in [-0.2, -0.15) is 4.98 Å². The average Bonchev–Trinajstić information content (AvgIpc) is 2.25. The van der Waals surface area contributed by atoms with Crippen molar-refractivity contribution < 1.29 is 4.74 Å². The molecule has 0 aliphatic heterocycles. The summed E-state index contributed by atoms with van der Waals surface area (Å²) < 4.78 is 5.35. The van der Waals surface area contributed by atoms with Crippen molar-refractivity contribution in [3.05, 3.63) is 18.2 Å². The van der Waals surface area contributed by atoms with E-state index in [0.29, 0.717) is 12.5 Å². The molecule has 0 aliphatic rings. The Morgan fingerprint density at radius 1 is 1.39 bits per heavy atom. The van der Waals surface area contributed by atoms with Crippen LogP contribution < -0.4 is 15.8 Å². The fourth-order valence-electron chi connectivity index (χ4n) is 1.84. The van der Waals surface area contributed by atoms with Crippen LogP contribution in [0.25, 0.3) is 0 Å². The van der Waals surface area contributed by atoms with Crippen LogP contribution in [0.3, 0.4) is 0 Å². The molecule has 4 heteroatoms. The minimum atomic E-state index is 0.127. The summed E-state index contributed by atoms with van der Waals surface area (Å²) in [5.41, 5.74) is 6.33. The van der Waals surface area contributed by atoms with E-state index in [4.69, 9.17) is 10.5 Å². The molecule has 3 N–H and O–H groups in total. The number of nitrogens with one attached hydrogen (secondary N) is 1. The maximum atomic E-state index is 6.08. The van der Waals surface area contributed by atoms with Gasteiger partial charge in [-0.15, -0.1) is 0 Å². The Morgan fingerprint density at radius 3 is 2.72 bits per heavy atom. The molecule has 18 heavy (non-hydrogen) atoms. The van der Waals surface area contributed by atoms with E-state index in [-0.39, 0.29) is 11.5 Å². The molecule has 102 valence electrons. The van der Waals surface area contributed by atoms with Gasteiger partial charge in [0.25, 0.3) is 0 Å². The quantitative estimate of drug-likeness (QED) is 0.816. The minimum absolute atomic E-state index is 0.127. The highest BCUT2D eigenvalue weighted by atomic mass is 16.5. The molecular formula is C14H25N3O. The fraction of sp³-hybridized carbons (Fsp3) is 0.643. The molecule has 0 radical (unpaired) electrons. The lowest BCUT2D eigenvalue weighted by atomic mass is 9.88. The molecule has 4 nitrogen and oxygen atoms in total. The standard InChI is InChI=1S/C14H25N3O/c1-5-18-13-8-6-7-12(17-13)16-10-11(15)9-14(2,3)4/h6-8,11H,5,9-10,15H2,1-4H3,(H,16,17). The number of rotatable bonds is 6. The SMILES string of the molecule is CCOc1cccc(NCC(N)CC(C)(C)C)n1. The number of anilines is 1. The molecule has 1 aromatic heterocycles. The van der Waals surface area contributed by atoms with Gasteiger partial charge < -0.3 is 15.8 Å². The number of aromatic nitrogens is 1. The topological polar surface area (TPSA) is 60.2 Å². The molecule has 0 fully saturated rings. The Kier molecular flexibility index (Phi) is 5.41. The van der Waals surface area contributed by atoms with Crippen LogP contribution in [0.1, 0.15) is 34.1 Å². The van der Waals surface area contributed by atoms with E-state index in [1.807, 2.05) is 25.1 Å². The van der Waals surface area contributed by atoms with Crippen molar-refractivity contribution in [2.45, 2.75) is 40.2 Å². The Bertz CT molecular complexity index is 360. The molecule has 1 aromatic rings. The zero-order valence-corrected chi connectivity index (χ0v) is 11.9. The highest BCUT2D eigenvalue weighted by molar-refractivity contribution is 5.37. The molecule has 1 unspecified atom stereocenters. The molecule has 0 amide bonds. The number of nitrogens with two attached hydrogens (primary N) is 1. The second-order valence-corrected chi connectivity index (χ2v) is 5.70. The second-order valence-electron chi connectivity index (χ2n) is 5.70. The van der Waals surface area contributed by atoms with Gasteiger partial charge in [-0.05, 0) is 24.8 Å². The lowest BCUT2D eigenvalue weighted by molar-refractivity contribution is 0.327. The van der Waals surface area contributed by atoms with E-state index in [0.717, 1.165) is 18.8 Å². The van der Waals surface area contributed by atoms with Gasteiger partial charge in [0.2, 0.25) is 5.88 Å². The number of hydrogen-bond acceptors (Lipinski definition) is 4. The zero-order valence-electron chi connectivity index (χ0n) is 11.9. The van der Waals surface area contributed by atoms with Crippen LogP contribution >= 0.6 is 0 Å². The third kappa shape index (κ3) is 5.87. The highest BCUT2D eigenvalue weighted by Crippen LogP contribution is 2.20. The number of pyridine rings is 1. The van der Waals surface area contributed by atoms with Gasteiger partial charge >= 0.3 is 0 Å². The Labute approximate surface area is 110 Å². The second kappa shape index (κ2) is 6.59. The Balaban J connectivity index is 2.45. The number of ether oxygens (including phenoxy) is 1. The van der Waals surface area contributed by atoms with E-state index < -0.39 is 0 Å². The third-order valence-electron chi connectivity index (χ3n) is 2.44. The van der Waals surface area contributed by atoms with Crippen molar-refractivity contribution in [3.8, 4) is 5.88 Å². The maximum Gasteiger partial charge on any atom is 0.215 e. The van der Waals surface area contributed by atoms with Crippen molar-refractivity contribution >= 4 is 5.82 Å². The summed E-state index contributed by atoms with van der Waals surface area (Å²) in [4.78, 5) is 4.34. The molecule has 1 atom stereocenters. The van der Waals surface area contributed by atoms with Crippen molar-refractivity contribution in [2.75, 3.05) is 18.5 Å². The number of nitrogens with zero attached hydrogens (tertiary/aromatic N) is 1. The van der Waals surface area contributed by atoms with E-state index in [1.165, 1.54) is 0 Å². The third-order valence-corrected chi connectivity index (χ3v) is 2.44. The molecular weight excluding hydrogens is 226 g/mol. The van der Waals surface area contributed by atoms with E-state index in [1.54, 1.807) is 0 Å². The monoisotopic (exact) mass is 251 g/mol. The minimum Gasteiger partial charge on any atom is -0.478 e. The normalized spacial score (nSPS) is 13.2. The van der Waals surface area contributed by atoms with Gasteiger partial charge in [-0.25, -0.2) is 0 Å². The van der Waals surface area contributed by atoms with Crippen molar-refractivity contribution in [1.29, 1.82) is 0 Å². The van der Waals surface area contributed by atoms with Gasteiger partial charge in [0, 0.05) is 18.7 Å². The highest BCUT2D eigenvalue weighted by Gasteiger charge is 2.15. The van der Waals surface area contributed by atoms with Gasteiger partial charge in [-0.3, -0.25) is 0 Å².